The number of likely N-dealkylation sites (N-methyl/N-ethyl adjacent to an activating group) is 1. The van der Waals surface area contributed by atoms with E-state index in [0.29, 0.717) is 0 Å². The van der Waals surface area contributed by atoms with Gasteiger partial charge in [0.25, 0.3) is 5.91 Å². The summed E-state index contributed by atoms with van der Waals surface area (Å²) in [4.78, 5) is 11.8. The van der Waals surface area contributed by atoms with Crippen LogP contribution in [0.3, 0.4) is 0 Å². The second-order valence-corrected chi connectivity index (χ2v) is 8.96. The molecule has 0 heterocycles. The Hall–Kier alpha value is -1.45. The Labute approximate surface area is 170 Å². The average molecular weight is 479 g/mol. The molecular weight excluding hydrogens is 465 g/mol. The van der Waals surface area contributed by atoms with E-state index in [4.69, 9.17) is 23.2 Å². The standard InChI is InChI=1S/C16H14BrCl2N3O3S/c1-22(26(24,25)15-8-13(18)5-6-14(15)19)10-16(23)21-20-9-11-3-2-4-12(17)7-11/h2-9H,10H2,1H3,(H,21,23)/b20-9-. The Morgan fingerprint density at radius 2 is 2.00 bits per heavy atom. The molecule has 0 atom stereocenters. The van der Waals surface area contributed by atoms with E-state index in [0.717, 1.165) is 14.3 Å². The molecule has 2 aromatic rings. The predicted octanol–water partition coefficient (Wildman–Crippen LogP) is 3.53. The predicted molar refractivity (Wildman–Crippen MR) is 106 cm³/mol. The fraction of sp³-hybridized carbons (Fsp3) is 0.125. The molecule has 0 fully saturated rings. The molecule has 10 heteroatoms. The lowest BCUT2D eigenvalue weighted by Crippen LogP contribution is -2.36. The van der Waals surface area contributed by atoms with Gasteiger partial charge in [0.1, 0.15) is 4.90 Å². The fourth-order valence-electron chi connectivity index (χ4n) is 1.93. The first-order chi connectivity index (χ1) is 12.2. The zero-order valence-corrected chi connectivity index (χ0v) is 17.4. The van der Waals surface area contributed by atoms with Crippen molar-refractivity contribution in [3.63, 3.8) is 0 Å². The van der Waals surface area contributed by atoms with Crippen molar-refractivity contribution in [2.45, 2.75) is 4.90 Å². The number of nitrogens with one attached hydrogen (secondary N) is 1. The number of amides is 1. The number of sulfonamides is 1. The van der Waals surface area contributed by atoms with Crippen LogP contribution in [0.1, 0.15) is 5.56 Å². The second kappa shape index (κ2) is 8.96. The number of hydrogen-bond donors (Lipinski definition) is 1. The number of hydrazone groups is 1. The first-order valence-electron chi connectivity index (χ1n) is 7.19. The van der Waals surface area contributed by atoms with Gasteiger partial charge in [-0.15, -0.1) is 0 Å². The number of carbonyl (C=O) groups is 1. The molecule has 0 aliphatic heterocycles. The molecule has 0 spiro atoms. The normalized spacial score (nSPS) is 11.9. The summed E-state index contributed by atoms with van der Waals surface area (Å²) in [6, 6.07) is 11.4. The molecule has 26 heavy (non-hydrogen) atoms. The monoisotopic (exact) mass is 477 g/mol. The maximum Gasteiger partial charge on any atom is 0.255 e. The highest BCUT2D eigenvalue weighted by atomic mass is 79.9. The Balaban J connectivity index is 2.03. The summed E-state index contributed by atoms with van der Waals surface area (Å²) in [7, 11) is -2.70. The summed E-state index contributed by atoms with van der Waals surface area (Å²) in [6.07, 6.45) is 1.45. The zero-order chi connectivity index (χ0) is 19.3. The largest absolute Gasteiger partial charge is 0.272 e. The van der Waals surface area contributed by atoms with E-state index in [1.807, 2.05) is 18.2 Å². The molecule has 0 radical (unpaired) electrons. The van der Waals surface area contributed by atoms with Crippen LogP contribution < -0.4 is 5.43 Å². The summed E-state index contributed by atoms with van der Waals surface area (Å²) >= 11 is 15.1. The van der Waals surface area contributed by atoms with Crippen LogP contribution in [-0.2, 0) is 14.8 Å². The van der Waals surface area contributed by atoms with Crippen molar-refractivity contribution in [3.05, 3.63) is 62.5 Å². The van der Waals surface area contributed by atoms with Crippen molar-refractivity contribution in [2.75, 3.05) is 13.6 Å². The van der Waals surface area contributed by atoms with E-state index in [1.165, 1.54) is 31.5 Å². The lowest BCUT2D eigenvalue weighted by molar-refractivity contribution is -0.121. The highest BCUT2D eigenvalue weighted by molar-refractivity contribution is 9.10. The highest BCUT2D eigenvalue weighted by Gasteiger charge is 2.25. The van der Waals surface area contributed by atoms with Crippen molar-refractivity contribution < 1.29 is 13.2 Å². The fourth-order valence-corrected chi connectivity index (χ4v) is 4.21. The van der Waals surface area contributed by atoms with Crippen LogP contribution in [0.5, 0.6) is 0 Å². The SMILES string of the molecule is CN(CC(=O)N/N=C\c1cccc(Br)c1)S(=O)(=O)c1cc(Cl)ccc1Cl. The van der Waals surface area contributed by atoms with Crippen molar-refractivity contribution in [1.29, 1.82) is 0 Å². The molecule has 0 aromatic heterocycles. The zero-order valence-electron chi connectivity index (χ0n) is 13.5. The topological polar surface area (TPSA) is 78.8 Å². The van der Waals surface area contributed by atoms with Gasteiger partial charge in [-0.05, 0) is 35.9 Å². The Bertz CT molecular complexity index is 952. The third kappa shape index (κ3) is 5.52. The summed E-state index contributed by atoms with van der Waals surface area (Å²) in [5.41, 5.74) is 3.05. The summed E-state index contributed by atoms with van der Waals surface area (Å²) in [5, 5.41) is 4.06. The maximum absolute atomic E-state index is 12.5. The van der Waals surface area contributed by atoms with E-state index < -0.39 is 22.5 Å². The van der Waals surface area contributed by atoms with Gasteiger partial charge in [-0.3, -0.25) is 4.79 Å². The Kier molecular flexibility index (Phi) is 7.19. The number of halogens is 3. The van der Waals surface area contributed by atoms with Gasteiger partial charge in [0.15, 0.2) is 0 Å². The molecule has 0 saturated heterocycles. The number of benzene rings is 2. The smallest absolute Gasteiger partial charge is 0.255 e. The van der Waals surface area contributed by atoms with Crippen LogP contribution in [0.15, 0.2) is 56.9 Å². The van der Waals surface area contributed by atoms with Gasteiger partial charge in [-0.2, -0.15) is 9.41 Å². The molecule has 2 aromatic carbocycles. The molecular formula is C16H14BrCl2N3O3S. The van der Waals surface area contributed by atoms with Crippen LogP contribution in [0.4, 0.5) is 0 Å². The Morgan fingerprint density at radius 3 is 2.69 bits per heavy atom. The van der Waals surface area contributed by atoms with Gasteiger partial charge < -0.3 is 0 Å². The molecule has 1 N–H and O–H groups in total. The minimum atomic E-state index is -3.97. The molecule has 0 aliphatic rings. The van der Waals surface area contributed by atoms with Crippen molar-refractivity contribution >= 4 is 61.3 Å². The van der Waals surface area contributed by atoms with E-state index in [9.17, 15) is 13.2 Å². The number of rotatable bonds is 6. The molecule has 6 nitrogen and oxygen atoms in total. The van der Waals surface area contributed by atoms with Crippen LogP contribution in [0, 0.1) is 0 Å². The summed E-state index contributed by atoms with van der Waals surface area (Å²) in [5.74, 6) is -0.597. The first kappa shape index (κ1) is 20.9. The van der Waals surface area contributed by atoms with E-state index in [2.05, 4.69) is 26.5 Å². The number of carbonyl (C=O) groups excluding carboxylic acids is 1. The summed E-state index contributed by atoms with van der Waals surface area (Å²) in [6.45, 7) is -0.430. The van der Waals surface area contributed by atoms with Crippen molar-refractivity contribution in [3.8, 4) is 0 Å². The molecule has 0 unspecified atom stereocenters. The maximum atomic E-state index is 12.5. The molecule has 1 amide bonds. The van der Waals surface area contributed by atoms with E-state index >= 15 is 0 Å². The highest BCUT2D eigenvalue weighted by Crippen LogP contribution is 2.27. The van der Waals surface area contributed by atoms with Crippen molar-refractivity contribution in [2.24, 2.45) is 5.10 Å². The van der Waals surface area contributed by atoms with Crippen molar-refractivity contribution in [1.82, 2.24) is 9.73 Å². The number of nitrogens with zero attached hydrogens (tertiary/aromatic N) is 2. The van der Waals surface area contributed by atoms with Crippen LogP contribution >= 0.6 is 39.1 Å². The molecule has 0 bridgehead atoms. The van der Waals surface area contributed by atoms with Crippen LogP contribution in [-0.4, -0.2) is 38.4 Å². The van der Waals surface area contributed by atoms with Gasteiger partial charge in [-0.25, -0.2) is 13.8 Å². The minimum Gasteiger partial charge on any atom is -0.272 e. The van der Waals surface area contributed by atoms with Gasteiger partial charge >= 0.3 is 0 Å². The molecule has 0 aliphatic carbocycles. The Morgan fingerprint density at radius 1 is 1.27 bits per heavy atom. The average Bonchev–Trinajstić information content (AvgIpc) is 2.57. The van der Waals surface area contributed by atoms with E-state index in [-0.39, 0.29) is 14.9 Å². The van der Waals surface area contributed by atoms with Crippen LogP contribution in [0.25, 0.3) is 0 Å². The van der Waals surface area contributed by atoms with E-state index in [1.54, 1.807) is 6.07 Å². The lowest BCUT2D eigenvalue weighted by Gasteiger charge is -2.17. The number of hydrogen-bond acceptors (Lipinski definition) is 4. The minimum absolute atomic E-state index is 0.0225. The van der Waals surface area contributed by atoms with Gasteiger partial charge in [-0.1, -0.05) is 51.3 Å². The van der Waals surface area contributed by atoms with Gasteiger partial charge in [0, 0.05) is 16.5 Å². The van der Waals surface area contributed by atoms with Crippen LogP contribution in [0.2, 0.25) is 10.0 Å². The van der Waals surface area contributed by atoms with Gasteiger partial charge in [0.05, 0.1) is 17.8 Å². The third-order valence-corrected chi connectivity index (χ3v) is 6.21. The molecule has 138 valence electrons. The summed E-state index contributed by atoms with van der Waals surface area (Å²) < 4.78 is 26.8. The quantitative estimate of drug-likeness (QED) is 0.509. The molecule has 0 saturated carbocycles. The van der Waals surface area contributed by atoms with Gasteiger partial charge in [0.2, 0.25) is 10.0 Å². The molecule has 2 rings (SSSR count). The third-order valence-electron chi connectivity index (χ3n) is 3.20. The lowest BCUT2D eigenvalue weighted by atomic mass is 10.2. The first-order valence-corrected chi connectivity index (χ1v) is 10.2. The second-order valence-electron chi connectivity index (χ2n) is 5.18.